The number of aromatic nitrogens is 1. The number of benzene rings is 2. The number of carbonyl (C=O) groups is 2. The number of para-hydroxylation sites is 1. The first kappa shape index (κ1) is 18.9. The number of hydrogen-bond acceptors (Lipinski definition) is 4. The molecule has 0 saturated heterocycles. The molecule has 0 atom stereocenters. The van der Waals surface area contributed by atoms with Gasteiger partial charge in [-0.15, -0.1) is 0 Å². The minimum atomic E-state index is -0.433. The molecule has 0 aliphatic rings. The van der Waals surface area contributed by atoms with E-state index in [1.165, 1.54) is 0 Å². The molecule has 1 aromatic heterocycles. The van der Waals surface area contributed by atoms with Gasteiger partial charge in [0.25, 0.3) is 5.91 Å². The van der Waals surface area contributed by atoms with Gasteiger partial charge in [-0.3, -0.25) is 25.4 Å². The number of anilines is 2. The van der Waals surface area contributed by atoms with Crippen LogP contribution in [-0.2, 0) is 4.79 Å². The van der Waals surface area contributed by atoms with E-state index in [4.69, 9.17) is 23.2 Å². The Balaban J connectivity index is 1.94. The van der Waals surface area contributed by atoms with Crippen LogP contribution in [0.4, 0.5) is 11.4 Å². The van der Waals surface area contributed by atoms with Gasteiger partial charge >= 0.3 is 0 Å². The van der Waals surface area contributed by atoms with Crippen molar-refractivity contribution in [1.29, 1.82) is 0 Å². The van der Waals surface area contributed by atoms with E-state index in [0.717, 1.165) is 5.39 Å². The number of amides is 2. The predicted octanol–water partition coefficient (Wildman–Crippen LogP) is 4.65. The van der Waals surface area contributed by atoms with E-state index in [2.05, 4.69) is 21.2 Å². The van der Waals surface area contributed by atoms with Gasteiger partial charge in [0.05, 0.1) is 32.5 Å². The summed E-state index contributed by atoms with van der Waals surface area (Å²) in [7, 11) is 0. The summed E-state index contributed by atoms with van der Waals surface area (Å²) >= 11 is 12.2. The molecule has 3 aromatic rings. The number of hydrazine groups is 1. The number of hydrogen-bond donors (Lipinski definition) is 3. The number of nitrogens with zero attached hydrogens (tertiary/aromatic N) is 1. The van der Waals surface area contributed by atoms with E-state index < -0.39 is 5.91 Å². The van der Waals surface area contributed by atoms with Crippen molar-refractivity contribution in [3.05, 3.63) is 64.3 Å². The van der Waals surface area contributed by atoms with E-state index in [1.807, 2.05) is 6.07 Å². The summed E-state index contributed by atoms with van der Waals surface area (Å²) in [6.45, 7) is 1.76. The van der Waals surface area contributed by atoms with E-state index in [-0.39, 0.29) is 21.5 Å². The molecule has 0 spiro atoms. The van der Waals surface area contributed by atoms with Gasteiger partial charge in [0, 0.05) is 18.0 Å². The van der Waals surface area contributed by atoms with Crippen molar-refractivity contribution < 1.29 is 9.59 Å². The van der Waals surface area contributed by atoms with Crippen LogP contribution in [0.5, 0.6) is 0 Å². The van der Waals surface area contributed by atoms with Crippen LogP contribution in [0.15, 0.2) is 48.7 Å². The average Bonchev–Trinajstić information content (AvgIpc) is 2.66. The number of carbonyl (C=O) groups excluding carboxylic acids is 2. The first-order valence-electron chi connectivity index (χ1n) is 8.19. The van der Waals surface area contributed by atoms with Gasteiger partial charge in [-0.25, -0.2) is 0 Å². The smallest absolute Gasteiger partial charge is 0.258 e. The maximum atomic E-state index is 12.7. The molecule has 1 heterocycles. The summed E-state index contributed by atoms with van der Waals surface area (Å²) in [5, 5.41) is 4.06. The molecule has 0 bridgehead atoms. The van der Waals surface area contributed by atoms with Crippen LogP contribution in [0.25, 0.3) is 10.9 Å². The minimum Gasteiger partial charge on any atom is -0.320 e. The van der Waals surface area contributed by atoms with Crippen LogP contribution in [0.2, 0.25) is 10.0 Å². The maximum Gasteiger partial charge on any atom is 0.258 e. The van der Waals surface area contributed by atoms with Crippen molar-refractivity contribution in [3.8, 4) is 0 Å². The number of halogens is 2. The molecule has 8 heteroatoms. The molecule has 27 heavy (non-hydrogen) atoms. The quantitative estimate of drug-likeness (QED) is 0.542. The Bertz CT molecular complexity index is 1000. The van der Waals surface area contributed by atoms with Gasteiger partial charge in [0.2, 0.25) is 5.91 Å². The highest BCUT2D eigenvalue weighted by atomic mass is 35.5. The summed E-state index contributed by atoms with van der Waals surface area (Å²) in [6, 6.07) is 11.9. The largest absolute Gasteiger partial charge is 0.320 e. The fraction of sp³-hybridized carbons (Fsp3) is 0.105. The molecule has 2 amide bonds. The van der Waals surface area contributed by atoms with Gasteiger partial charge in [-0.1, -0.05) is 48.3 Å². The molecule has 0 fully saturated rings. The SMILES string of the molecule is CCC(=O)NNc1ccnc2c(NC(=O)c3c(Cl)cccc3Cl)cccc12. The highest BCUT2D eigenvalue weighted by molar-refractivity contribution is 6.40. The van der Waals surface area contributed by atoms with Crippen LogP contribution < -0.4 is 16.2 Å². The lowest BCUT2D eigenvalue weighted by atomic mass is 10.1. The highest BCUT2D eigenvalue weighted by Gasteiger charge is 2.16. The molecule has 0 saturated carbocycles. The third-order valence-electron chi connectivity index (χ3n) is 3.87. The summed E-state index contributed by atoms with van der Waals surface area (Å²) in [4.78, 5) is 28.5. The molecule has 0 aliphatic carbocycles. The Kier molecular flexibility index (Phi) is 5.78. The van der Waals surface area contributed by atoms with Crippen LogP contribution in [0.1, 0.15) is 23.7 Å². The zero-order valence-electron chi connectivity index (χ0n) is 14.3. The minimum absolute atomic E-state index is 0.141. The summed E-state index contributed by atoms with van der Waals surface area (Å²) in [5.74, 6) is -0.574. The maximum absolute atomic E-state index is 12.7. The lowest BCUT2D eigenvalue weighted by molar-refractivity contribution is -0.120. The highest BCUT2D eigenvalue weighted by Crippen LogP contribution is 2.29. The van der Waals surface area contributed by atoms with E-state index in [9.17, 15) is 9.59 Å². The van der Waals surface area contributed by atoms with Crippen LogP contribution in [0.3, 0.4) is 0 Å². The normalized spacial score (nSPS) is 10.5. The molecule has 0 unspecified atom stereocenters. The molecular weight excluding hydrogens is 387 g/mol. The zero-order valence-corrected chi connectivity index (χ0v) is 15.9. The monoisotopic (exact) mass is 402 g/mol. The first-order valence-corrected chi connectivity index (χ1v) is 8.94. The van der Waals surface area contributed by atoms with Crippen molar-refractivity contribution in [1.82, 2.24) is 10.4 Å². The average molecular weight is 403 g/mol. The van der Waals surface area contributed by atoms with Gasteiger partial charge in [0.1, 0.15) is 0 Å². The van der Waals surface area contributed by atoms with E-state index in [1.54, 1.807) is 49.5 Å². The molecule has 2 aromatic carbocycles. The van der Waals surface area contributed by atoms with Crippen molar-refractivity contribution in [2.45, 2.75) is 13.3 Å². The molecule has 3 N–H and O–H groups in total. The van der Waals surface area contributed by atoms with E-state index in [0.29, 0.717) is 23.3 Å². The molecule has 0 aliphatic heterocycles. The number of fused-ring (bicyclic) bond motifs is 1. The second-order valence-electron chi connectivity index (χ2n) is 5.64. The third kappa shape index (κ3) is 4.13. The Hall–Kier alpha value is -2.83. The third-order valence-corrected chi connectivity index (χ3v) is 4.50. The van der Waals surface area contributed by atoms with Gasteiger partial charge < -0.3 is 5.32 Å². The Morgan fingerprint density at radius 1 is 1.00 bits per heavy atom. The lowest BCUT2D eigenvalue weighted by Crippen LogP contribution is -2.28. The Morgan fingerprint density at radius 2 is 1.70 bits per heavy atom. The van der Waals surface area contributed by atoms with Gasteiger partial charge in [-0.2, -0.15) is 0 Å². The van der Waals surface area contributed by atoms with Crippen molar-refractivity contribution in [2.24, 2.45) is 0 Å². The van der Waals surface area contributed by atoms with Crippen LogP contribution >= 0.6 is 23.2 Å². The fourth-order valence-corrected chi connectivity index (χ4v) is 3.08. The molecule has 0 radical (unpaired) electrons. The summed E-state index contributed by atoms with van der Waals surface area (Å²) in [5.41, 5.74) is 7.39. The lowest BCUT2D eigenvalue weighted by Gasteiger charge is -2.13. The second kappa shape index (κ2) is 8.24. The number of nitrogens with one attached hydrogen (secondary N) is 3. The first-order chi connectivity index (χ1) is 13.0. The number of rotatable bonds is 5. The molecule has 138 valence electrons. The molecule has 3 rings (SSSR count). The summed E-state index contributed by atoms with van der Waals surface area (Å²) in [6.07, 6.45) is 1.94. The zero-order chi connectivity index (χ0) is 19.4. The van der Waals surface area contributed by atoms with Crippen molar-refractivity contribution in [2.75, 3.05) is 10.7 Å². The Labute approximate surface area is 165 Å². The second-order valence-corrected chi connectivity index (χ2v) is 6.45. The van der Waals surface area contributed by atoms with Crippen molar-refractivity contribution >= 4 is 57.3 Å². The van der Waals surface area contributed by atoms with Crippen molar-refractivity contribution in [3.63, 3.8) is 0 Å². The predicted molar refractivity (Wildman–Crippen MR) is 108 cm³/mol. The Morgan fingerprint density at radius 3 is 2.41 bits per heavy atom. The molecule has 6 nitrogen and oxygen atoms in total. The molecular formula is C19H16Cl2N4O2. The fourth-order valence-electron chi connectivity index (χ4n) is 2.51. The van der Waals surface area contributed by atoms with E-state index >= 15 is 0 Å². The van der Waals surface area contributed by atoms with Gasteiger partial charge in [-0.05, 0) is 24.3 Å². The number of pyridine rings is 1. The van der Waals surface area contributed by atoms with Crippen LogP contribution in [0, 0.1) is 0 Å². The summed E-state index contributed by atoms with van der Waals surface area (Å²) < 4.78 is 0. The van der Waals surface area contributed by atoms with Gasteiger partial charge in [0.15, 0.2) is 0 Å². The topological polar surface area (TPSA) is 83.1 Å². The van der Waals surface area contributed by atoms with Crippen LogP contribution in [-0.4, -0.2) is 16.8 Å². The standard InChI is InChI=1S/C19H16Cl2N4O2/c1-2-16(26)25-24-14-9-10-22-18-11(14)5-3-8-15(18)23-19(27)17-12(20)6-4-7-13(17)21/h3-10H,2H2,1H3,(H,22,24)(H,23,27)(H,25,26).